The lowest BCUT2D eigenvalue weighted by Crippen LogP contribution is -2.15. The second-order valence-electron chi connectivity index (χ2n) is 4.90. The maximum absolute atomic E-state index is 12.6. The first-order chi connectivity index (χ1) is 12.9. The van der Waals surface area contributed by atoms with E-state index in [1.54, 1.807) is 0 Å². The van der Waals surface area contributed by atoms with E-state index >= 15 is 0 Å². The summed E-state index contributed by atoms with van der Waals surface area (Å²) >= 11 is 13.2. The van der Waals surface area contributed by atoms with E-state index < -0.39 is 10.0 Å². The second kappa shape index (κ2) is 8.30. The van der Waals surface area contributed by atoms with E-state index in [0.717, 1.165) is 0 Å². The third-order valence-electron chi connectivity index (χ3n) is 3.12. The van der Waals surface area contributed by atoms with E-state index in [0.29, 0.717) is 16.5 Å². The summed E-state index contributed by atoms with van der Waals surface area (Å²) in [7, 11) is -2.70. The number of methoxy groups -OCH3 is 1. The number of benzene rings is 1. The summed E-state index contributed by atoms with van der Waals surface area (Å²) in [6, 6.07) is 4.29. The van der Waals surface area contributed by atoms with Gasteiger partial charge in [-0.15, -0.1) is 5.10 Å². The van der Waals surface area contributed by atoms with Crippen molar-refractivity contribution in [2.75, 3.05) is 11.8 Å². The Hall–Kier alpha value is -2.08. The monoisotopic (exact) mass is 447 g/mol. The summed E-state index contributed by atoms with van der Waals surface area (Å²) in [5.74, 6) is 0.895. The second-order valence-corrected chi connectivity index (χ2v) is 8.33. The van der Waals surface area contributed by atoms with Gasteiger partial charge in [-0.1, -0.05) is 41.0 Å². The number of ether oxygens (including phenoxy) is 1. The number of anilines is 1. The minimum absolute atomic E-state index is 0.00239. The highest BCUT2D eigenvalue weighted by molar-refractivity contribution is 7.98. The lowest BCUT2D eigenvalue weighted by Gasteiger charge is -2.12. The van der Waals surface area contributed by atoms with Crippen molar-refractivity contribution in [1.82, 2.24) is 20.3 Å². The van der Waals surface area contributed by atoms with Gasteiger partial charge in [0.15, 0.2) is 5.76 Å². The van der Waals surface area contributed by atoms with Crippen LogP contribution in [0.15, 0.2) is 45.0 Å². The molecular weight excluding hydrogens is 437 g/mol. The molecule has 27 heavy (non-hydrogen) atoms. The highest BCUT2D eigenvalue weighted by Crippen LogP contribution is 2.32. The zero-order valence-corrected chi connectivity index (χ0v) is 16.7. The van der Waals surface area contributed by atoms with Gasteiger partial charge in [-0.2, -0.15) is 0 Å². The maximum atomic E-state index is 12.6. The van der Waals surface area contributed by atoms with Crippen molar-refractivity contribution < 1.29 is 17.7 Å². The summed E-state index contributed by atoms with van der Waals surface area (Å²) in [6.45, 7) is 0. The number of sulfonamides is 1. The number of hydrogen-bond acceptors (Lipinski definition) is 9. The van der Waals surface area contributed by atoms with Crippen molar-refractivity contribution in [3.63, 3.8) is 0 Å². The molecule has 0 atom stereocenters. The van der Waals surface area contributed by atoms with Crippen LogP contribution >= 0.6 is 35.0 Å². The number of halogens is 2. The Morgan fingerprint density at radius 2 is 2.11 bits per heavy atom. The summed E-state index contributed by atoms with van der Waals surface area (Å²) in [5.41, 5.74) is 0. The molecule has 2 heterocycles. The average Bonchev–Trinajstić information content (AvgIpc) is 3.16. The van der Waals surface area contributed by atoms with Gasteiger partial charge in [0.05, 0.1) is 35.3 Å². The molecule has 0 unspecified atom stereocenters. The molecule has 3 aromatic rings. The molecule has 0 saturated heterocycles. The smallest absolute Gasteiger partial charge is 0.264 e. The highest BCUT2D eigenvalue weighted by Gasteiger charge is 2.22. The molecule has 0 amide bonds. The van der Waals surface area contributed by atoms with Crippen LogP contribution in [0.25, 0.3) is 0 Å². The van der Waals surface area contributed by atoms with Crippen LogP contribution in [-0.2, 0) is 15.8 Å². The van der Waals surface area contributed by atoms with Gasteiger partial charge >= 0.3 is 0 Å². The van der Waals surface area contributed by atoms with Crippen molar-refractivity contribution in [2.45, 2.75) is 15.7 Å². The first-order valence-corrected chi connectivity index (χ1v) is 10.4. The fourth-order valence-corrected chi connectivity index (χ4v) is 4.37. The minimum atomic E-state index is -4.05. The summed E-state index contributed by atoms with van der Waals surface area (Å²) in [6.07, 6.45) is 2.88. The van der Waals surface area contributed by atoms with Gasteiger partial charge in [0.25, 0.3) is 15.9 Å². The largest absolute Gasteiger partial charge is 0.478 e. The van der Waals surface area contributed by atoms with Gasteiger partial charge < -0.3 is 9.26 Å². The molecule has 3 rings (SSSR count). The molecule has 1 N–H and O–H groups in total. The van der Waals surface area contributed by atoms with E-state index in [9.17, 15) is 8.42 Å². The molecule has 0 radical (unpaired) electrons. The summed E-state index contributed by atoms with van der Waals surface area (Å²) in [5, 5.41) is 7.46. The number of nitrogens with zero attached hydrogens (tertiary/aromatic N) is 4. The Morgan fingerprint density at radius 1 is 1.30 bits per heavy atom. The lowest BCUT2D eigenvalue weighted by atomic mass is 10.4. The molecule has 142 valence electrons. The van der Waals surface area contributed by atoms with Crippen LogP contribution in [0.2, 0.25) is 10.0 Å². The standard InChI is InChI=1S/C14H11Cl2N5O4S2/c1-24-14-13(17-6-11(19-14)26-7-8-5-18-21-25-8)20-27(22,23)10-4-2-3-9(15)12(10)16/h2-6H,7H2,1H3,(H,17,20). The van der Waals surface area contributed by atoms with Crippen LogP contribution in [0.1, 0.15) is 5.76 Å². The van der Waals surface area contributed by atoms with E-state index in [1.807, 2.05) is 0 Å². The van der Waals surface area contributed by atoms with Crippen LogP contribution in [0.4, 0.5) is 5.82 Å². The Balaban J connectivity index is 1.82. The third kappa shape index (κ3) is 4.61. The Kier molecular flexibility index (Phi) is 6.05. The molecule has 9 nitrogen and oxygen atoms in total. The molecule has 0 saturated carbocycles. The van der Waals surface area contributed by atoms with Crippen molar-refractivity contribution >= 4 is 50.8 Å². The molecular formula is C14H11Cl2N5O4S2. The summed E-state index contributed by atoms with van der Waals surface area (Å²) < 4.78 is 37.5. The molecule has 0 fully saturated rings. The van der Waals surface area contributed by atoms with Gasteiger partial charge in [0.2, 0.25) is 5.82 Å². The van der Waals surface area contributed by atoms with Gasteiger partial charge in [-0.05, 0) is 12.1 Å². The minimum Gasteiger partial charge on any atom is -0.478 e. The Bertz CT molecular complexity index is 1050. The zero-order valence-electron chi connectivity index (χ0n) is 13.6. The number of aromatic nitrogens is 4. The molecule has 13 heteroatoms. The molecule has 0 bridgehead atoms. The number of thioether (sulfide) groups is 1. The molecule has 0 aliphatic heterocycles. The van der Waals surface area contributed by atoms with E-state index in [-0.39, 0.29) is 26.6 Å². The Morgan fingerprint density at radius 3 is 2.81 bits per heavy atom. The first-order valence-electron chi connectivity index (χ1n) is 7.17. The van der Waals surface area contributed by atoms with Crippen molar-refractivity contribution in [3.05, 3.63) is 46.4 Å². The Labute approximate surface area is 168 Å². The van der Waals surface area contributed by atoms with Crippen molar-refractivity contribution in [1.29, 1.82) is 0 Å². The van der Waals surface area contributed by atoms with Crippen LogP contribution in [-0.4, -0.2) is 35.9 Å². The normalized spacial score (nSPS) is 11.4. The highest BCUT2D eigenvalue weighted by atomic mass is 35.5. The van der Waals surface area contributed by atoms with Gasteiger partial charge in [-0.25, -0.2) is 18.4 Å². The molecule has 2 aromatic heterocycles. The number of hydrogen-bond donors (Lipinski definition) is 1. The topological polar surface area (TPSA) is 120 Å². The van der Waals surface area contributed by atoms with Crippen molar-refractivity contribution in [3.8, 4) is 5.88 Å². The van der Waals surface area contributed by atoms with Crippen LogP contribution in [0, 0.1) is 0 Å². The molecule has 0 aliphatic carbocycles. The van der Waals surface area contributed by atoms with Crippen LogP contribution in [0.3, 0.4) is 0 Å². The van der Waals surface area contributed by atoms with Crippen molar-refractivity contribution in [2.24, 2.45) is 0 Å². The molecule has 0 spiro atoms. The third-order valence-corrected chi connectivity index (χ3v) is 6.35. The van der Waals surface area contributed by atoms with E-state index in [4.69, 9.17) is 32.5 Å². The molecule has 1 aromatic carbocycles. The fraction of sp³-hybridized carbons (Fsp3) is 0.143. The van der Waals surface area contributed by atoms with E-state index in [2.05, 4.69) is 25.1 Å². The lowest BCUT2D eigenvalue weighted by molar-refractivity contribution is 0.371. The average molecular weight is 448 g/mol. The van der Waals surface area contributed by atoms with Gasteiger partial charge in [-0.3, -0.25) is 4.72 Å². The predicted molar refractivity (Wildman–Crippen MR) is 99.7 cm³/mol. The maximum Gasteiger partial charge on any atom is 0.264 e. The fourth-order valence-electron chi connectivity index (χ4n) is 1.91. The quantitative estimate of drug-likeness (QED) is 0.543. The first kappa shape index (κ1) is 19.7. The zero-order chi connectivity index (χ0) is 19.4. The molecule has 0 aliphatic rings. The number of nitrogens with one attached hydrogen (secondary N) is 1. The van der Waals surface area contributed by atoms with Gasteiger partial charge in [0.1, 0.15) is 9.92 Å². The van der Waals surface area contributed by atoms with Gasteiger partial charge in [0, 0.05) is 5.27 Å². The van der Waals surface area contributed by atoms with Crippen LogP contribution in [0.5, 0.6) is 5.88 Å². The van der Waals surface area contributed by atoms with Crippen LogP contribution < -0.4 is 9.46 Å². The SMILES string of the molecule is COc1nc(SCc2cnno2)cnc1NS(=O)(=O)c1cccc(Cl)c1Cl. The van der Waals surface area contributed by atoms with E-state index in [1.165, 1.54) is 49.5 Å². The predicted octanol–water partition coefficient (Wildman–Crippen LogP) is 3.27. The number of rotatable bonds is 7. The summed E-state index contributed by atoms with van der Waals surface area (Å²) in [4.78, 5) is 8.11.